The van der Waals surface area contributed by atoms with Crippen molar-refractivity contribution in [3.05, 3.63) is 69.4 Å². The molecule has 4 nitrogen and oxygen atoms in total. The van der Waals surface area contributed by atoms with E-state index in [0.717, 1.165) is 0 Å². The van der Waals surface area contributed by atoms with E-state index in [1.807, 2.05) is 0 Å². The molecule has 24 heavy (non-hydrogen) atoms. The van der Waals surface area contributed by atoms with Gasteiger partial charge in [0.2, 0.25) is 0 Å². The van der Waals surface area contributed by atoms with E-state index >= 15 is 0 Å². The quantitative estimate of drug-likeness (QED) is 0.788. The topological polar surface area (TPSA) is 59.3 Å². The summed E-state index contributed by atoms with van der Waals surface area (Å²) in [6.07, 6.45) is -0.395. The number of hydrogen-bond acceptors (Lipinski definition) is 2. The smallest absolute Gasteiger partial charge is 0.309 e. The molecule has 1 aromatic heterocycles. The van der Waals surface area contributed by atoms with Gasteiger partial charge in [-0.3, -0.25) is 9.59 Å². The van der Waals surface area contributed by atoms with Crippen molar-refractivity contribution in [1.29, 1.82) is 0 Å². The Labute approximate surface area is 141 Å². The molecule has 2 aromatic carbocycles. The first-order chi connectivity index (χ1) is 11.4. The fourth-order valence-electron chi connectivity index (χ4n) is 2.85. The van der Waals surface area contributed by atoms with Crippen LogP contribution in [0.2, 0.25) is 5.02 Å². The Balaban J connectivity index is 2.51. The van der Waals surface area contributed by atoms with Crippen LogP contribution >= 0.6 is 11.6 Å². The van der Waals surface area contributed by atoms with E-state index in [0.29, 0.717) is 16.1 Å². The highest BCUT2D eigenvalue weighted by molar-refractivity contribution is 6.30. The van der Waals surface area contributed by atoms with Gasteiger partial charge in [-0.15, -0.1) is 0 Å². The minimum atomic E-state index is -1.10. The van der Waals surface area contributed by atoms with E-state index < -0.39 is 23.8 Å². The van der Waals surface area contributed by atoms with Crippen molar-refractivity contribution >= 4 is 28.3 Å². The molecule has 0 saturated heterocycles. The van der Waals surface area contributed by atoms with Crippen molar-refractivity contribution in [2.45, 2.75) is 6.42 Å². The molecular formula is C18H13ClFNO3. The summed E-state index contributed by atoms with van der Waals surface area (Å²) < 4.78 is 15.8. The number of carboxylic acids is 1. The van der Waals surface area contributed by atoms with E-state index in [1.54, 1.807) is 24.3 Å². The van der Waals surface area contributed by atoms with Gasteiger partial charge < -0.3 is 9.67 Å². The second-order valence-corrected chi connectivity index (χ2v) is 5.86. The lowest BCUT2D eigenvalue weighted by atomic mass is 9.95. The van der Waals surface area contributed by atoms with Gasteiger partial charge in [0.15, 0.2) is 0 Å². The lowest BCUT2D eigenvalue weighted by molar-refractivity contribution is -0.136. The molecule has 0 unspecified atom stereocenters. The Morgan fingerprint density at radius 2 is 1.88 bits per heavy atom. The minimum Gasteiger partial charge on any atom is -0.481 e. The molecule has 3 aromatic rings. The van der Waals surface area contributed by atoms with E-state index in [4.69, 9.17) is 11.6 Å². The number of carboxylic acid groups (broad SMARTS) is 1. The summed E-state index contributed by atoms with van der Waals surface area (Å²) in [6, 6.07) is 10.9. The molecule has 0 amide bonds. The van der Waals surface area contributed by atoms with Gasteiger partial charge in [-0.1, -0.05) is 29.8 Å². The number of hydrogen-bond donors (Lipinski definition) is 1. The zero-order valence-corrected chi connectivity index (χ0v) is 13.5. The Morgan fingerprint density at radius 1 is 1.21 bits per heavy atom. The van der Waals surface area contributed by atoms with Gasteiger partial charge in [0.25, 0.3) is 5.56 Å². The number of halogens is 2. The lowest BCUT2D eigenvalue weighted by Gasteiger charge is -2.17. The van der Waals surface area contributed by atoms with Crippen LogP contribution in [0.15, 0.2) is 47.3 Å². The first-order valence-electron chi connectivity index (χ1n) is 7.18. The molecule has 6 heteroatoms. The maximum absolute atomic E-state index is 14.5. The Hall–Kier alpha value is -2.66. The summed E-state index contributed by atoms with van der Waals surface area (Å²) in [7, 11) is 1.49. The summed E-state index contributed by atoms with van der Waals surface area (Å²) in [4.78, 5) is 23.8. The predicted molar refractivity (Wildman–Crippen MR) is 90.9 cm³/mol. The van der Waals surface area contributed by atoms with Gasteiger partial charge >= 0.3 is 5.97 Å². The predicted octanol–water partition coefficient (Wildman–Crippen LogP) is 3.63. The van der Waals surface area contributed by atoms with Crippen molar-refractivity contribution in [2.24, 2.45) is 7.05 Å². The third-order valence-electron chi connectivity index (χ3n) is 3.94. The van der Waals surface area contributed by atoms with Crippen molar-refractivity contribution < 1.29 is 14.3 Å². The van der Waals surface area contributed by atoms with E-state index in [9.17, 15) is 19.1 Å². The molecule has 1 heterocycles. The highest BCUT2D eigenvalue weighted by Crippen LogP contribution is 2.33. The maximum Gasteiger partial charge on any atom is 0.309 e. The Bertz CT molecular complexity index is 1010. The lowest BCUT2D eigenvalue weighted by Crippen LogP contribution is -2.24. The molecule has 0 fully saturated rings. The molecule has 3 rings (SSSR count). The van der Waals surface area contributed by atoms with Crippen LogP contribution in [-0.2, 0) is 18.3 Å². The summed E-state index contributed by atoms with van der Waals surface area (Å²) >= 11 is 5.91. The summed E-state index contributed by atoms with van der Waals surface area (Å²) in [5.74, 6) is -1.67. The third-order valence-corrected chi connectivity index (χ3v) is 4.20. The number of pyridine rings is 1. The van der Waals surface area contributed by atoms with Crippen LogP contribution in [0, 0.1) is 5.82 Å². The maximum atomic E-state index is 14.5. The van der Waals surface area contributed by atoms with Crippen molar-refractivity contribution in [3.63, 3.8) is 0 Å². The summed E-state index contributed by atoms with van der Waals surface area (Å²) in [6.45, 7) is 0. The number of carbonyl (C=O) groups is 1. The first-order valence-corrected chi connectivity index (χ1v) is 7.55. The average Bonchev–Trinajstić information content (AvgIpc) is 2.54. The average molecular weight is 346 g/mol. The van der Waals surface area contributed by atoms with Crippen LogP contribution in [0.5, 0.6) is 0 Å². The third kappa shape index (κ3) is 2.67. The van der Waals surface area contributed by atoms with Crippen LogP contribution in [0.1, 0.15) is 5.69 Å². The molecular weight excluding hydrogens is 333 g/mol. The number of nitrogens with zero attached hydrogens (tertiary/aromatic N) is 1. The molecule has 0 aliphatic rings. The summed E-state index contributed by atoms with van der Waals surface area (Å²) in [5.41, 5.74) is 0.802. The largest absolute Gasteiger partial charge is 0.481 e. The van der Waals surface area contributed by atoms with E-state index in [2.05, 4.69) is 0 Å². The number of benzene rings is 2. The normalized spacial score (nSPS) is 11.0. The zero-order chi connectivity index (χ0) is 17.4. The molecule has 0 aliphatic carbocycles. The highest BCUT2D eigenvalue weighted by atomic mass is 35.5. The molecule has 0 bridgehead atoms. The second kappa shape index (κ2) is 6.09. The number of aromatic nitrogens is 1. The van der Waals surface area contributed by atoms with Crippen LogP contribution in [-0.4, -0.2) is 15.6 Å². The Kier molecular flexibility index (Phi) is 4.11. The minimum absolute atomic E-state index is 0.124. The molecule has 0 saturated carbocycles. The molecule has 1 N–H and O–H groups in total. The van der Waals surface area contributed by atoms with Gasteiger partial charge in [0.05, 0.1) is 11.8 Å². The standard InChI is InChI=1S/C18H13ClFNO3/c1-21-14(9-15(22)23)16(10-5-7-11(19)8-6-10)17-12(18(21)24)3-2-4-13(17)20/h2-8H,9H2,1H3,(H,22,23). The van der Waals surface area contributed by atoms with Gasteiger partial charge in [0.1, 0.15) is 5.82 Å². The highest BCUT2D eigenvalue weighted by Gasteiger charge is 2.20. The number of rotatable bonds is 3. The first kappa shape index (κ1) is 16.2. The Morgan fingerprint density at radius 3 is 2.50 bits per heavy atom. The molecule has 0 radical (unpaired) electrons. The molecule has 0 aliphatic heterocycles. The van der Waals surface area contributed by atoms with Gasteiger partial charge in [-0.25, -0.2) is 4.39 Å². The van der Waals surface area contributed by atoms with Crippen LogP contribution in [0.3, 0.4) is 0 Å². The fraction of sp³-hybridized carbons (Fsp3) is 0.111. The molecule has 122 valence electrons. The monoisotopic (exact) mass is 345 g/mol. The summed E-state index contributed by atoms with van der Waals surface area (Å²) in [5, 5.41) is 10.0. The van der Waals surface area contributed by atoms with E-state index in [1.165, 1.54) is 29.8 Å². The van der Waals surface area contributed by atoms with Gasteiger partial charge in [0, 0.05) is 28.7 Å². The van der Waals surface area contributed by atoms with Crippen LogP contribution in [0.25, 0.3) is 21.9 Å². The van der Waals surface area contributed by atoms with Crippen molar-refractivity contribution in [1.82, 2.24) is 4.57 Å². The zero-order valence-electron chi connectivity index (χ0n) is 12.7. The van der Waals surface area contributed by atoms with Gasteiger partial charge in [-0.2, -0.15) is 0 Å². The van der Waals surface area contributed by atoms with Crippen molar-refractivity contribution in [3.8, 4) is 11.1 Å². The molecule has 0 atom stereocenters. The van der Waals surface area contributed by atoms with Crippen LogP contribution in [0.4, 0.5) is 4.39 Å². The second-order valence-electron chi connectivity index (χ2n) is 5.43. The van der Waals surface area contributed by atoms with Crippen LogP contribution < -0.4 is 5.56 Å². The SMILES string of the molecule is Cn1c(CC(=O)O)c(-c2ccc(Cl)cc2)c2c(F)cccc2c1=O. The number of aliphatic carboxylic acids is 1. The number of fused-ring (bicyclic) bond motifs is 1. The van der Waals surface area contributed by atoms with E-state index in [-0.39, 0.29) is 16.5 Å². The molecule has 0 spiro atoms. The van der Waals surface area contributed by atoms with Gasteiger partial charge in [-0.05, 0) is 29.8 Å². The van der Waals surface area contributed by atoms with Crippen molar-refractivity contribution in [2.75, 3.05) is 0 Å². The fourth-order valence-corrected chi connectivity index (χ4v) is 2.98.